The SMILES string of the molecule is COc1cc(OC)c(OC)cc1CNC(C)c1cc(C)ccc1OC. The Labute approximate surface area is 149 Å². The summed E-state index contributed by atoms with van der Waals surface area (Å²) in [4.78, 5) is 0. The summed E-state index contributed by atoms with van der Waals surface area (Å²) in [6.45, 7) is 4.82. The molecule has 0 saturated heterocycles. The van der Waals surface area contributed by atoms with Crippen LogP contribution < -0.4 is 24.3 Å². The summed E-state index contributed by atoms with van der Waals surface area (Å²) in [5, 5.41) is 3.52. The molecule has 0 aliphatic heterocycles. The van der Waals surface area contributed by atoms with Gasteiger partial charge in [0.2, 0.25) is 0 Å². The van der Waals surface area contributed by atoms with E-state index >= 15 is 0 Å². The lowest BCUT2D eigenvalue weighted by atomic mass is 10.0. The summed E-state index contributed by atoms with van der Waals surface area (Å²) in [5.74, 6) is 2.97. The van der Waals surface area contributed by atoms with Crippen molar-refractivity contribution in [1.82, 2.24) is 5.32 Å². The number of nitrogens with one attached hydrogen (secondary N) is 1. The van der Waals surface area contributed by atoms with Crippen molar-refractivity contribution in [3.05, 3.63) is 47.0 Å². The van der Waals surface area contributed by atoms with Crippen LogP contribution in [0.4, 0.5) is 0 Å². The van der Waals surface area contributed by atoms with Crippen LogP contribution in [0, 0.1) is 6.92 Å². The second-order valence-electron chi connectivity index (χ2n) is 5.87. The van der Waals surface area contributed by atoms with E-state index in [4.69, 9.17) is 18.9 Å². The van der Waals surface area contributed by atoms with Crippen LogP contribution in [0.5, 0.6) is 23.0 Å². The minimum absolute atomic E-state index is 0.118. The van der Waals surface area contributed by atoms with E-state index in [9.17, 15) is 0 Å². The zero-order chi connectivity index (χ0) is 18.4. The number of aryl methyl sites for hydroxylation is 1. The highest BCUT2D eigenvalue weighted by Crippen LogP contribution is 2.35. The van der Waals surface area contributed by atoms with Crippen LogP contribution in [0.25, 0.3) is 0 Å². The summed E-state index contributed by atoms with van der Waals surface area (Å²) in [5.41, 5.74) is 3.33. The number of hydrogen-bond acceptors (Lipinski definition) is 5. The van der Waals surface area contributed by atoms with Crippen molar-refractivity contribution in [2.75, 3.05) is 28.4 Å². The molecule has 2 aromatic rings. The van der Waals surface area contributed by atoms with Gasteiger partial charge in [-0.2, -0.15) is 0 Å². The Hall–Kier alpha value is -2.40. The number of benzene rings is 2. The first-order valence-corrected chi connectivity index (χ1v) is 8.20. The Morgan fingerprint density at radius 3 is 2.00 bits per heavy atom. The van der Waals surface area contributed by atoms with Crippen molar-refractivity contribution in [2.45, 2.75) is 26.4 Å². The van der Waals surface area contributed by atoms with Gasteiger partial charge in [-0.25, -0.2) is 0 Å². The first-order valence-electron chi connectivity index (χ1n) is 8.20. The maximum absolute atomic E-state index is 5.49. The quantitative estimate of drug-likeness (QED) is 0.787. The van der Waals surface area contributed by atoms with E-state index in [0.29, 0.717) is 18.0 Å². The largest absolute Gasteiger partial charge is 0.496 e. The maximum Gasteiger partial charge on any atom is 0.164 e. The van der Waals surface area contributed by atoms with E-state index in [1.165, 1.54) is 5.56 Å². The molecule has 5 nitrogen and oxygen atoms in total. The predicted octanol–water partition coefficient (Wildman–Crippen LogP) is 3.88. The van der Waals surface area contributed by atoms with Gasteiger partial charge in [0.15, 0.2) is 11.5 Å². The molecule has 0 fully saturated rings. The average molecular weight is 345 g/mol. The average Bonchev–Trinajstić information content (AvgIpc) is 2.65. The second kappa shape index (κ2) is 8.62. The molecular formula is C20H27NO4. The molecule has 25 heavy (non-hydrogen) atoms. The molecule has 1 N–H and O–H groups in total. The Morgan fingerprint density at radius 1 is 0.800 bits per heavy atom. The van der Waals surface area contributed by atoms with Crippen molar-refractivity contribution in [2.24, 2.45) is 0 Å². The van der Waals surface area contributed by atoms with Gasteiger partial charge in [0.25, 0.3) is 0 Å². The molecule has 0 aromatic heterocycles. The second-order valence-corrected chi connectivity index (χ2v) is 5.87. The topological polar surface area (TPSA) is 49.0 Å². The fourth-order valence-electron chi connectivity index (χ4n) is 2.80. The molecule has 136 valence electrons. The first-order chi connectivity index (χ1) is 12.0. The molecule has 0 aliphatic rings. The van der Waals surface area contributed by atoms with Crippen LogP contribution in [0.15, 0.2) is 30.3 Å². The Kier molecular flexibility index (Phi) is 6.53. The number of hydrogen-bond donors (Lipinski definition) is 1. The summed E-state index contributed by atoms with van der Waals surface area (Å²) in [7, 11) is 6.58. The zero-order valence-electron chi connectivity index (χ0n) is 15.8. The highest BCUT2D eigenvalue weighted by Gasteiger charge is 2.15. The van der Waals surface area contributed by atoms with E-state index in [1.54, 1.807) is 28.4 Å². The van der Waals surface area contributed by atoms with E-state index in [1.807, 2.05) is 24.3 Å². The lowest BCUT2D eigenvalue weighted by Crippen LogP contribution is -2.19. The molecule has 5 heteroatoms. The standard InChI is InChI=1S/C20H27NO4/c1-13-7-8-17(22-3)16(9-13)14(2)21-12-15-10-19(24-5)20(25-6)11-18(15)23-4/h7-11,14,21H,12H2,1-6H3. The van der Waals surface area contributed by atoms with Gasteiger partial charge in [0.05, 0.1) is 28.4 Å². The van der Waals surface area contributed by atoms with Gasteiger partial charge in [-0.15, -0.1) is 0 Å². The number of rotatable bonds is 8. The van der Waals surface area contributed by atoms with Gasteiger partial charge in [0.1, 0.15) is 11.5 Å². The van der Waals surface area contributed by atoms with Gasteiger partial charge in [-0.3, -0.25) is 0 Å². The Bertz CT molecular complexity index is 715. The molecule has 2 aromatic carbocycles. The van der Waals surface area contributed by atoms with Crippen LogP contribution in [-0.4, -0.2) is 28.4 Å². The van der Waals surface area contributed by atoms with Crippen molar-refractivity contribution in [3.63, 3.8) is 0 Å². The summed E-state index contributed by atoms with van der Waals surface area (Å²) >= 11 is 0. The van der Waals surface area contributed by atoms with Crippen molar-refractivity contribution in [1.29, 1.82) is 0 Å². The number of ether oxygens (including phenoxy) is 4. The summed E-state index contributed by atoms with van der Waals surface area (Å²) < 4.78 is 21.7. The van der Waals surface area contributed by atoms with Crippen LogP contribution in [0.1, 0.15) is 29.7 Å². The fraction of sp³-hybridized carbons (Fsp3) is 0.400. The highest BCUT2D eigenvalue weighted by atomic mass is 16.5. The molecule has 2 rings (SSSR count). The van der Waals surface area contributed by atoms with Gasteiger partial charge in [-0.1, -0.05) is 17.7 Å². The monoisotopic (exact) mass is 345 g/mol. The predicted molar refractivity (Wildman–Crippen MR) is 99.1 cm³/mol. The zero-order valence-corrected chi connectivity index (χ0v) is 15.8. The van der Waals surface area contributed by atoms with Crippen molar-refractivity contribution in [3.8, 4) is 23.0 Å². The van der Waals surface area contributed by atoms with Gasteiger partial charge >= 0.3 is 0 Å². The molecule has 0 radical (unpaired) electrons. The molecule has 0 heterocycles. The van der Waals surface area contributed by atoms with E-state index < -0.39 is 0 Å². The van der Waals surface area contributed by atoms with E-state index in [0.717, 1.165) is 22.6 Å². The molecule has 0 saturated carbocycles. The third-order valence-electron chi connectivity index (χ3n) is 4.24. The molecule has 0 aliphatic carbocycles. The Balaban J connectivity index is 2.22. The normalized spacial score (nSPS) is 11.8. The fourth-order valence-corrected chi connectivity index (χ4v) is 2.80. The molecule has 1 unspecified atom stereocenters. The Morgan fingerprint density at radius 2 is 1.40 bits per heavy atom. The van der Waals surface area contributed by atoms with Crippen LogP contribution in [0.2, 0.25) is 0 Å². The lowest BCUT2D eigenvalue weighted by molar-refractivity contribution is 0.346. The minimum Gasteiger partial charge on any atom is -0.496 e. The third kappa shape index (κ3) is 4.37. The highest BCUT2D eigenvalue weighted by molar-refractivity contribution is 5.50. The lowest BCUT2D eigenvalue weighted by Gasteiger charge is -2.20. The maximum atomic E-state index is 5.49. The van der Waals surface area contributed by atoms with Crippen LogP contribution in [-0.2, 0) is 6.54 Å². The number of methoxy groups -OCH3 is 4. The first kappa shape index (κ1) is 18.9. The molecule has 0 spiro atoms. The molecule has 0 bridgehead atoms. The van der Waals surface area contributed by atoms with Gasteiger partial charge in [0, 0.05) is 29.8 Å². The van der Waals surface area contributed by atoms with E-state index in [-0.39, 0.29) is 6.04 Å². The van der Waals surface area contributed by atoms with Gasteiger partial charge < -0.3 is 24.3 Å². The summed E-state index contributed by atoms with van der Waals surface area (Å²) in [6.07, 6.45) is 0. The van der Waals surface area contributed by atoms with Crippen molar-refractivity contribution < 1.29 is 18.9 Å². The smallest absolute Gasteiger partial charge is 0.164 e. The molecule has 1 atom stereocenters. The van der Waals surface area contributed by atoms with E-state index in [2.05, 4.69) is 25.2 Å². The summed E-state index contributed by atoms with van der Waals surface area (Å²) in [6, 6.07) is 10.1. The van der Waals surface area contributed by atoms with Crippen molar-refractivity contribution >= 4 is 0 Å². The van der Waals surface area contributed by atoms with Crippen LogP contribution >= 0.6 is 0 Å². The third-order valence-corrected chi connectivity index (χ3v) is 4.24. The van der Waals surface area contributed by atoms with Crippen LogP contribution in [0.3, 0.4) is 0 Å². The van der Waals surface area contributed by atoms with Gasteiger partial charge in [-0.05, 0) is 26.0 Å². The molecule has 0 amide bonds. The molecular weight excluding hydrogens is 318 g/mol. The minimum atomic E-state index is 0.118.